The summed E-state index contributed by atoms with van der Waals surface area (Å²) in [5, 5.41) is 0. The predicted octanol–water partition coefficient (Wildman–Crippen LogP) is 0.716. The monoisotopic (exact) mass is 174 g/mol. The molecule has 0 aliphatic carbocycles. The quantitative estimate of drug-likeness (QED) is 0.472. The molecule has 0 atom stereocenters. The molecule has 26 valence electrons. The van der Waals surface area contributed by atoms with E-state index in [0.717, 1.165) is 3.97 Å². The molecule has 0 aliphatic rings. The first-order valence-electron chi connectivity index (χ1n) is 1.41. The maximum absolute atomic E-state index is 2.19. The van der Waals surface area contributed by atoms with Gasteiger partial charge in [-0.1, -0.05) is 0 Å². The minimum absolute atomic E-state index is 0.883. The van der Waals surface area contributed by atoms with Crippen LogP contribution in [0.5, 0.6) is 0 Å². The molecular weight excluding hydrogens is 164 g/mol. The zero-order chi connectivity index (χ0) is 3.58. The molecule has 0 aromatic heterocycles. The molecule has 0 nitrogen and oxygen atoms in total. The Balaban J connectivity index is 2.32. The van der Waals surface area contributed by atoms with Crippen molar-refractivity contribution >= 4 is 22.3 Å². The van der Waals surface area contributed by atoms with E-state index in [1.54, 1.807) is 0 Å². The van der Waals surface area contributed by atoms with Gasteiger partial charge in [0.25, 0.3) is 0 Å². The number of hydrogen-bond acceptors (Lipinski definition) is 0. The van der Waals surface area contributed by atoms with Crippen molar-refractivity contribution in [2.75, 3.05) is 0 Å². The Morgan fingerprint density at radius 1 is 1.50 bits per heavy atom. The average molecular weight is 172 g/mol. The second-order valence-corrected chi connectivity index (χ2v) is 4.04. The summed E-state index contributed by atoms with van der Waals surface area (Å²) in [6.07, 6.45) is 0. The predicted molar refractivity (Wildman–Crippen MR) is 22.2 cm³/mol. The van der Waals surface area contributed by atoms with Crippen LogP contribution in [0.4, 0.5) is 0 Å². The summed E-state index contributed by atoms with van der Waals surface area (Å²) in [5.74, 6) is 0. The van der Waals surface area contributed by atoms with Gasteiger partial charge in [0.15, 0.2) is 0 Å². The first kappa shape index (κ1) is 4.79. The molecule has 0 fully saturated rings. The molecular formula is C3H8Te. The Morgan fingerprint density at radius 2 is 1.50 bits per heavy atom. The molecule has 0 bridgehead atoms. The molecule has 0 aromatic carbocycles. The first-order chi connectivity index (χ1) is 1.73. The summed E-state index contributed by atoms with van der Waals surface area (Å²) in [7, 11) is 0. The van der Waals surface area contributed by atoms with Gasteiger partial charge in [0.05, 0.1) is 0 Å². The van der Waals surface area contributed by atoms with E-state index >= 15 is 0 Å². The Labute approximate surface area is 40.5 Å². The van der Waals surface area contributed by atoms with Gasteiger partial charge >= 0.3 is 40.1 Å². The fraction of sp³-hybridized carbons (Fsp3) is 1.00. The first-order valence-corrected chi connectivity index (χ1v) is 2.89. The van der Waals surface area contributed by atoms with Crippen LogP contribution in [0.2, 0.25) is 3.97 Å². The molecule has 0 unspecified atom stereocenters. The van der Waals surface area contributed by atoms with E-state index in [1.165, 1.54) is 0 Å². The van der Waals surface area contributed by atoms with Crippen LogP contribution < -0.4 is 0 Å². The fourth-order valence-corrected chi connectivity index (χ4v) is 0. The van der Waals surface area contributed by atoms with E-state index in [0.29, 0.717) is 0 Å². The van der Waals surface area contributed by atoms with Crippen molar-refractivity contribution in [3.05, 3.63) is 0 Å². The van der Waals surface area contributed by atoms with Gasteiger partial charge in [-0.25, -0.2) is 0 Å². The molecule has 0 N–H and O–H groups in total. The van der Waals surface area contributed by atoms with Gasteiger partial charge in [0.2, 0.25) is 0 Å². The van der Waals surface area contributed by atoms with Crippen LogP contribution in [-0.4, -0.2) is 22.3 Å². The summed E-state index contributed by atoms with van der Waals surface area (Å²) in [6.45, 7) is 4.38. The van der Waals surface area contributed by atoms with E-state index < -0.39 is 0 Å². The second-order valence-electron chi connectivity index (χ2n) is 1.09. The normalized spacial score (nSPS) is 9.00. The summed E-state index contributed by atoms with van der Waals surface area (Å²) in [6, 6.07) is 0. The topological polar surface area (TPSA) is 0 Å². The zero-order valence-corrected chi connectivity index (χ0v) is 5.58. The van der Waals surface area contributed by atoms with Crippen LogP contribution in [0.25, 0.3) is 0 Å². The van der Waals surface area contributed by atoms with E-state index in [4.69, 9.17) is 0 Å². The summed E-state index contributed by atoms with van der Waals surface area (Å²) < 4.78 is 0.883. The van der Waals surface area contributed by atoms with Crippen molar-refractivity contribution in [3.63, 3.8) is 0 Å². The summed E-state index contributed by atoms with van der Waals surface area (Å²) >= 11 is 1.87. The van der Waals surface area contributed by atoms with Gasteiger partial charge in [-0.2, -0.15) is 0 Å². The molecule has 0 spiro atoms. The van der Waals surface area contributed by atoms with Crippen molar-refractivity contribution in [1.29, 1.82) is 0 Å². The number of rotatable bonds is 0. The Kier molecular flexibility index (Phi) is 2.46. The molecule has 4 heavy (non-hydrogen) atoms. The van der Waals surface area contributed by atoms with Crippen LogP contribution in [-0.2, 0) is 0 Å². The minimum atomic E-state index is 0.883. The van der Waals surface area contributed by atoms with Crippen molar-refractivity contribution < 1.29 is 0 Å². The van der Waals surface area contributed by atoms with Crippen LogP contribution >= 0.6 is 0 Å². The fourth-order valence-electron chi connectivity index (χ4n) is 0. The van der Waals surface area contributed by atoms with Crippen LogP contribution in [0.3, 0.4) is 0 Å². The third-order valence-corrected chi connectivity index (χ3v) is 0. The zero-order valence-electron chi connectivity index (χ0n) is 3.02. The second kappa shape index (κ2) is 2.05. The third kappa shape index (κ3) is 14.3. The molecule has 0 amide bonds. The van der Waals surface area contributed by atoms with Crippen molar-refractivity contribution in [2.45, 2.75) is 17.8 Å². The van der Waals surface area contributed by atoms with Crippen LogP contribution in [0, 0.1) is 0 Å². The molecule has 0 heterocycles. The molecule has 0 rings (SSSR count). The van der Waals surface area contributed by atoms with Crippen molar-refractivity contribution in [2.24, 2.45) is 0 Å². The Hall–Kier alpha value is 0.790. The van der Waals surface area contributed by atoms with Crippen molar-refractivity contribution in [1.82, 2.24) is 0 Å². The molecule has 1 heteroatoms. The SMILES string of the molecule is CC(C)[TeH]. The van der Waals surface area contributed by atoms with Gasteiger partial charge in [-0.3, -0.25) is 0 Å². The summed E-state index contributed by atoms with van der Waals surface area (Å²) in [5.41, 5.74) is 0. The van der Waals surface area contributed by atoms with Gasteiger partial charge in [0.1, 0.15) is 0 Å². The van der Waals surface area contributed by atoms with Gasteiger partial charge < -0.3 is 0 Å². The van der Waals surface area contributed by atoms with E-state index in [2.05, 4.69) is 13.8 Å². The molecule has 0 radical (unpaired) electrons. The molecule has 0 aromatic rings. The average Bonchev–Trinajstić information content (AvgIpc) is 0.811. The van der Waals surface area contributed by atoms with Crippen LogP contribution in [0.15, 0.2) is 0 Å². The van der Waals surface area contributed by atoms with Gasteiger partial charge in [-0.05, 0) is 0 Å². The molecule has 0 saturated heterocycles. The van der Waals surface area contributed by atoms with Gasteiger partial charge in [0, 0.05) is 0 Å². The van der Waals surface area contributed by atoms with E-state index in [9.17, 15) is 0 Å². The Bertz CT molecular complexity index is 8.00. The molecule has 0 aliphatic heterocycles. The van der Waals surface area contributed by atoms with Crippen LogP contribution in [0.1, 0.15) is 13.8 Å². The maximum atomic E-state index is 2.19. The third-order valence-electron chi connectivity index (χ3n) is 0. The van der Waals surface area contributed by atoms with Crippen molar-refractivity contribution in [3.8, 4) is 0 Å². The summed E-state index contributed by atoms with van der Waals surface area (Å²) in [4.78, 5) is 0. The standard InChI is InChI=1S/C3H8Te/c1-3(2)4/h3-4H,1-2H3. The number of hydrogen-bond donors (Lipinski definition) is 0. The molecule has 0 saturated carbocycles. The van der Waals surface area contributed by atoms with E-state index in [-0.39, 0.29) is 0 Å². The Morgan fingerprint density at radius 3 is 1.50 bits per heavy atom. The van der Waals surface area contributed by atoms with Gasteiger partial charge in [-0.15, -0.1) is 0 Å². The van der Waals surface area contributed by atoms with E-state index in [1.807, 2.05) is 22.3 Å².